The van der Waals surface area contributed by atoms with Gasteiger partial charge in [0.2, 0.25) is 0 Å². The van der Waals surface area contributed by atoms with Crippen molar-refractivity contribution in [3.8, 4) is 0 Å². The van der Waals surface area contributed by atoms with Gasteiger partial charge in [-0.15, -0.1) is 0 Å². The van der Waals surface area contributed by atoms with Crippen LogP contribution in [0.3, 0.4) is 0 Å². The van der Waals surface area contributed by atoms with Gasteiger partial charge in [0, 0.05) is 8.07 Å². The van der Waals surface area contributed by atoms with Crippen LogP contribution >= 0.6 is 0 Å². The molecule has 0 fully saturated rings. The Labute approximate surface area is 42.4 Å². The molecule has 0 nitrogen and oxygen atoms in total. The van der Waals surface area contributed by atoms with E-state index in [1.165, 1.54) is 5.94 Å². The second-order valence-electron chi connectivity index (χ2n) is 2.91. The summed E-state index contributed by atoms with van der Waals surface area (Å²) in [6, 6.07) is 0. The highest BCUT2D eigenvalue weighted by molar-refractivity contribution is 6.80. The number of hydrogen-bond donors (Lipinski definition) is 0. The monoisotopic (exact) mass is 100 g/mol. The second-order valence-corrected chi connectivity index (χ2v) is 8.74. The standard InChI is InChI=1S/C4H13BSi/c1-6(2,3)4-5/h4-5H2,1-3H3. The molecule has 0 radical (unpaired) electrons. The third-order valence-electron chi connectivity index (χ3n) is 1.06. The maximum atomic E-state index is 2.38. The maximum absolute atomic E-state index is 2.38. The van der Waals surface area contributed by atoms with Gasteiger partial charge >= 0.3 is 0 Å². The molecule has 0 aromatic rings. The highest BCUT2D eigenvalue weighted by atomic mass is 28.3. The lowest BCUT2D eigenvalue weighted by Crippen LogP contribution is -2.18. The molecule has 0 unspecified atom stereocenters. The van der Waals surface area contributed by atoms with Crippen molar-refractivity contribution in [2.45, 2.75) is 25.6 Å². The summed E-state index contributed by atoms with van der Waals surface area (Å²) in [4.78, 5) is 0. The van der Waals surface area contributed by atoms with Gasteiger partial charge in [0.05, 0.1) is 7.85 Å². The Morgan fingerprint density at radius 3 is 1.50 bits per heavy atom. The van der Waals surface area contributed by atoms with Gasteiger partial charge in [0.1, 0.15) is 0 Å². The second kappa shape index (κ2) is 1.83. The zero-order chi connectivity index (χ0) is 5.21. The molecule has 6 heavy (non-hydrogen) atoms. The van der Waals surface area contributed by atoms with Gasteiger partial charge in [-0.05, 0) is 0 Å². The van der Waals surface area contributed by atoms with Gasteiger partial charge in [0.25, 0.3) is 0 Å². The first kappa shape index (κ1) is 6.28. The van der Waals surface area contributed by atoms with E-state index in [0.717, 1.165) is 0 Å². The van der Waals surface area contributed by atoms with E-state index in [9.17, 15) is 0 Å². The van der Waals surface area contributed by atoms with Gasteiger partial charge in [-0.1, -0.05) is 25.6 Å². The van der Waals surface area contributed by atoms with E-state index in [-0.39, 0.29) is 0 Å². The van der Waals surface area contributed by atoms with Gasteiger partial charge in [-0.25, -0.2) is 0 Å². The van der Waals surface area contributed by atoms with Crippen molar-refractivity contribution in [2.75, 3.05) is 0 Å². The summed E-state index contributed by atoms with van der Waals surface area (Å²) in [5, 5.41) is 0. The number of rotatable bonds is 1. The Morgan fingerprint density at radius 2 is 1.50 bits per heavy atom. The predicted octanol–water partition coefficient (Wildman–Crippen LogP) is 0.915. The smallest absolute Gasteiger partial charge is 0.0851 e. The van der Waals surface area contributed by atoms with Crippen molar-refractivity contribution >= 4 is 15.9 Å². The van der Waals surface area contributed by atoms with Crippen molar-refractivity contribution in [3.05, 3.63) is 0 Å². The molecule has 0 bridgehead atoms. The van der Waals surface area contributed by atoms with Gasteiger partial charge in [0.15, 0.2) is 0 Å². The third kappa shape index (κ3) is 4.28. The fourth-order valence-electron chi connectivity index (χ4n) is 0. The van der Waals surface area contributed by atoms with Crippen LogP contribution in [0, 0.1) is 0 Å². The first-order valence-corrected chi connectivity index (χ1v) is 6.27. The minimum atomic E-state index is -0.631. The van der Waals surface area contributed by atoms with E-state index >= 15 is 0 Å². The molecule has 0 amide bonds. The molecule has 36 valence electrons. The zero-order valence-corrected chi connectivity index (χ0v) is 6.21. The minimum Gasteiger partial charge on any atom is -0.0851 e. The van der Waals surface area contributed by atoms with E-state index < -0.39 is 8.07 Å². The molecule has 0 N–H and O–H groups in total. The predicted molar refractivity (Wildman–Crippen MR) is 36.7 cm³/mol. The summed E-state index contributed by atoms with van der Waals surface area (Å²) in [6.45, 7) is 7.15. The Kier molecular flexibility index (Phi) is 1.91. The van der Waals surface area contributed by atoms with E-state index in [1.54, 1.807) is 0 Å². The number of hydrogen-bond acceptors (Lipinski definition) is 0. The molecule has 0 saturated carbocycles. The van der Waals surface area contributed by atoms with Crippen LogP contribution < -0.4 is 0 Å². The van der Waals surface area contributed by atoms with E-state index in [1.807, 2.05) is 0 Å². The minimum absolute atomic E-state index is 0.631. The molecule has 0 aromatic carbocycles. The highest BCUT2D eigenvalue weighted by Crippen LogP contribution is 2.01. The van der Waals surface area contributed by atoms with Crippen molar-refractivity contribution in [2.24, 2.45) is 0 Å². The molecular formula is C4H13BSi. The molecule has 0 spiro atoms. The Balaban J connectivity index is 3.17. The summed E-state index contributed by atoms with van der Waals surface area (Å²) < 4.78 is 0. The summed E-state index contributed by atoms with van der Waals surface area (Å²) in [7, 11) is 1.64. The van der Waals surface area contributed by atoms with E-state index in [4.69, 9.17) is 0 Å². The van der Waals surface area contributed by atoms with Gasteiger partial charge < -0.3 is 0 Å². The van der Waals surface area contributed by atoms with Gasteiger partial charge in [-0.2, -0.15) is 0 Å². The van der Waals surface area contributed by atoms with Crippen LogP contribution in [-0.4, -0.2) is 15.9 Å². The van der Waals surface area contributed by atoms with Crippen LogP contribution in [0.5, 0.6) is 0 Å². The normalized spacial score (nSPS) is 11.8. The molecule has 0 saturated heterocycles. The average Bonchev–Trinajstić information content (AvgIpc) is 1.35. The van der Waals surface area contributed by atoms with Crippen LogP contribution in [0.4, 0.5) is 0 Å². The molecule has 0 heterocycles. The first-order valence-electron chi connectivity index (χ1n) is 2.56. The molecule has 0 aromatic heterocycles. The van der Waals surface area contributed by atoms with Crippen molar-refractivity contribution in [3.63, 3.8) is 0 Å². The van der Waals surface area contributed by atoms with Crippen molar-refractivity contribution in [1.82, 2.24) is 0 Å². The summed E-state index contributed by atoms with van der Waals surface area (Å²) in [5.74, 6) is 1.41. The van der Waals surface area contributed by atoms with Crippen LogP contribution in [0.1, 0.15) is 0 Å². The Hall–Kier alpha value is 0.282. The molecule has 0 atom stereocenters. The quantitative estimate of drug-likeness (QED) is 0.430. The molecule has 0 aliphatic heterocycles. The SMILES string of the molecule is BC[Si](C)(C)C. The van der Waals surface area contributed by atoms with Crippen molar-refractivity contribution < 1.29 is 0 Å². The topological polar surface area (TPSA) is 0 Å². The molecular weight excluding hydrogens is 86.9 g/mol. The van der Waals surface area contributed by atoms with E-state index in [2.05, 4.69) is 27.5 Å². The average molecular weight is 100 g/mol. The fourth-order valence-corrected chi connectivity index (χ4v) is 0. The van der Waals surface area contributed by atoms with Gasteiger partial charge in [-0.3, -0.25) is 0 Å². The lowest BCUT2D eigenvalue weighted by atomic mass is 10.2. The molecule has 2 heteroatoms. The first-order chi connectivity index (χ1) is 2.56. The summed E-state index contributed by atoms with van der Waals surface area (Å²) >= 11 is 0. The fraction of sp³-hybridized carbons (Fsp3) is 1.00. The lowest BCUT2D eigenvalue weighted by Gasteiger charge is -2.09. The summed E-state index contributed by atoms with van der Waals surface area (Å²) in [6.07, 6.45) is 0. The maximum Gasteiger partial charge on any atom is 0.0980 e. The summed E-state index contributed by atoms with van der Waals surface area (Å²) in [5.41, 5.74) is 0. The van der Waals surface area contributed by atoms with E-state index in [0.29, 0.717) is 0 Å². The Bertz CT molecular complexity index is 37.3. The van der Waals surface area contributed by atoms with Crippen LogP contribution in [-0.2, 0) is 0 Å². The molecule has 0 aliphatic rings. The van der Waals surface area contributed by atoms with Crippen LogP contribution in [0.15, 0.2) is 0 Å². The van der Waals surface area contributed by atoms with Crippen molar-refractivity contribution in [1.29, 1.82) is 0 Å². The zero-order valence-electron chi connectivity index (χ0n) is 5.21. The highest BCUT2D eigenvalue weighted by Gasteiger charge is 2.06. The third-order valence-corrected chi connectivity index (χ3v) is 3.18. The van der Waals surface area contributed by atoms with Crippen LogP contribution in [0.2, 0.25) is 25.6 Å². The molecule has 0 rings (SSSR count). The molecule has 0 aliphatic carbocycles. The Morgan fingerprint density at radius 1 is 1.33 bits per heavy atom. The van der Waals surface area contributed by atoms with Crippen LogP contribution in [0.25, 0.3) is 0 Å². The largest absolute Gasteiger partial charge is 0.0980 e. The lowest BCUT2D eigenvalue weighted by molar-refractivity contribution is 1.65.